The standard InChI is InChI=1S/C23H24ClF3N2O/c24-20-17(10-6-11-18(20)23(25,26)27)22(30)28-21(15-7-2-1-3-8-15)19-13-12-16-9-4-5-14-29(16)19/h1-3,6-8,10-11,16,19,21H,4-5,9,12-14H2,(H,28,30). The quantitative estimate of drug-likeness (QED) is 0.652. The van der Waals surface area contributed by atoms with E-state index in [0.717, 1.165) is 43.9 Å². The van der Waals surface area contributed by atoms with E-state index < -0.39 is 22.7 Å². The van der Waals surface area contributed by atoms with E-state index in [4.69, 9.17) is 11.6 Å². The van der Waals surface area contributed by atoms with Crippen molar-refractivity contribution < 1.29 is 18.0 Å². The number of halogens is 4. The second-order valence-corrected chi connectivity index (χ2v) is 8.44. The second kappa shape index (κ2) is 8.60. The number of fused-ring (bicyclic) bond motifs is 1. The summed E-state index contributed by atoms with van der Waals surface area (Å²) in [6, 6.07) is 13.4. The lowest BCUT2D eigenvalue weighted by molar-refractivity contribution is -0.137. The fourth-order valence-corrected chi connectivity index (χ4v) is 5.18. The van der Waals surface area contributed by atoms with Gasteiger partial charge in [-0.05, 0) is 49.9 Å². The molecule has 2 aromatic carbocycles. The van der Waals surface area contributed by atoms with E-state index in [-0.39, 0.29) is 17.6 Å². The molecule has 0 radical (unpaired) electrons. The number of hydrogen-bond acceptors (Lipinski definition) is 2. The zero-order valence-corrected chi connectivity index (χ0v) is 17.2. The predicted molar refractivity (Wildman–Crippen MR) is 110 cm³/mol. The van der Waals surface area contributed by atoms with Gasteiger partial charge in [-0.15, -0.1) is 0 Å². The van der Waals surface area contributed by atoms with Gasteiger partial charge in [-0.25, -0.2) is 0 Å². The van der Waals surface area contributed by atoms with Gasteiger partial charge in [0, 0.05) is 12.1 Å². The highest BCUT2D eigenvalue weighted by atomic mass is 35.5. The minimum atomic E-state index is -4.61. The van der Waals surface area contributed by atoms with Crippen LogP contribution in [-0.2, 0) is 6.18 Å². The lowest BCUT2D eigenvalue weighted by atomic mass is 9.96. The van der Waals surface area contributed by atoms with Gasteiger partial charge in [0.05, 0.1) is 22.2 Å². The largest absolute Gasteiger partial charge is 0.417 e. The summed E-state index contributed by atoms with van der Waals surface area (Å²) in [5.74, 6) is -0.583. The molecular formula is C23H24ClF3N2O. The summed E-state index contributed by atoms with van der Waals surface area (Å²) in [6.45, 7) is 0.985. The molecule has 0 saturated carbocycles. The fraction of sp³-hybridized carbons (Fsp3) is 0.435. The van der Waals surface area contributed by atoms with Crippen LogP contribution in [0.2, 0.25) is 5.02 Å². The molecule has 3 unspecified atom stereocenters. The lowest BCUT2D eigenvalue weighted by Gasteiger charge is -2.38. The number of amides is 1. The van der Waals surface area contributed by atoms with Gasteiger partial charge in [0.1, 0.15) is 0 Å². The minimum Gasteiger partial charge on any atom is -0.344 e. The van der Waals surface area contributed by atoms with Gasteiger partial charge in [-0.2, -0.15) is 13.2 Å². The predicted octanol–water partition coefficient (Wildman–Crippen LogP) is 5.85. The Morgan fingerprint density at radius 2 is 1.80 bits per heavy atom. The number of nitrogens with one attached hydrogen (secondary N) is 1. The number of benzene rings is 2. The van der Waals surface area contributed by atoms with Gasteiger partial charge in [-0.3, -0.25) is 9.69 Å². The number of hydrogen-bond donors (Lipinski definition) is 1. The van der Waals surface area contributed by atoms with Crippen molar-refractivity contribution in [2.75, 3.05) is 6.54 Å². The average molecular weight is 437 g/mol. The average Bonchev–Trinajstić information content (AvgIpc) is 3.15. The van der Waals surface area contributed by atoms with Crippen LogP contribution in [0.4, 0.5) is 13.2 Å². The number of piperidine rings is 1. The molecule has 0 spiro atoms. The Kier molecular flexibility index (Phi) is 6.07. The highest BCUT2D eigenvalue weighted by Crippen LogP contribution is 2.39. The van der Waals surface area contributed by atoms with Crippen LogP contribution in [0, 0.1) is 0 Å². The van der Waals surface area contributed by atoms with E-state index in [1.807, 2.05) is 30.3 Å². The lowest BCUT2D eigenvalue weighted by Crippen LogP contribution is -2.47. The molecule has 1 N–H and O–H groups in total. The molecule has 0 bridgehead atoms. The first-order valence-corrected chi connectivity index (χ1v) is 10.7. The SMILES string of the molecule is O=C(NC(c1ccccc1)C1CCC2CCCCN21)c1cccc(C(F)(F)F)c1Cl. The topological polar surface area (TPSA) is 32.3 Å². The van der Waals surface area contributed by atoms with Gasteiger partial charge in [0.2, 0.25) is 0 Å². The molecule has 7 heteroatoms. The van der Waals surface area contributed by atoms with Gasteiger partial charge in [0.15, 0.2) is 0 Å². The van der Waals surface area contributed by atoms with Crippen LogP contribution >= 0.6 is 11.6 Å². The number of nitrogens with zero attached hydrogens (tertiary/aromatic N) is 1. The van der Waals surface area contributed by atoms with Crippen molar-refractivity contribution in [2.45, 2.75) is 56.4 Å². The molecule has 2 saturated heterocycles. The molecule has 160 valence electrons. The summed E-state index contributed by atoms with van der Waals surface area (Å²) >= 11 is 6.00. The van der Waals surface area contributed by atoms with Gasteiger partial charge < -0.3 is 5.32 Å². The zero-order chi connectivity index (χ0) is 21.3. The van der Waals surface area contributed by atoms with Crippen molar-refractivity contribution in [3.63, 3.8) is 0 Å². The Morgan fingerprint density at radius 1 is 1.03 bits per heavy atom. The van der Waals surface area contributed by atoms with Crippen LogP contribution in [0.25, 0.3) is 0 Å². The molecule has 0 aromatic heterocycles. The maximum Gasteiger partial charge on any atom is 0.417 e. The highest BCUT2D eigenvalue weighted by molar-refractivity contribution is 6.34. The molecule has 0 aliphatic carbocycles. The van der Waals surface area contributed by atoms with Crippen LogP contribution < -0.4 is 5.32 Å². The van der Waals surface area contributed by atoms with Crippen LogP contribution in [0.5, 0.6) is 0 Å². The van der Waals surface area contributed by atoms with E-state index in [2.05, 4.69) is 10.2 Å². The minimum absolute atomic E-state index is 0.117. The summed E-state index contributed by atoms with van der Waals surface area (Å²) in [5, 5.41) is 2.45. The number of carbonyl (C=O) groups is 1. The molecule has 3 nitrogen and oxygen atoms in total. The zero-order valence-electron chi connectivity index (χ0n) is 16.5. The maximum atomic E-state index is 13.2. The Bertz CT molecular complexity index is 903. The third kappa shape index (κ3) is 4.21. The first-order valence-electron chi connectivity index (χ1n) is 10.3. The third-order valence-electron chi connectivity index (χ3n) is 6.27. The van der Waals surface area contributed by atoms with Crippen molar-refractivity contribution in [1.82, 2.24) is 10.2 Å². The summed E-state index contributed by atoms with van der Waals surface area (Å²) in [4.78, 5) is 15.5. The van der Waals surface area contributed by atoms with E-state index >= 15 is 0 Å². The van der Waals surface area contributed by atoms with E-state index in [1.165, 1.54) is 18.6 Å². The molecule has 2 aliphatic rings. The third-order valence-corrected chi connectivity index (χ3v) is 6.68. The van der Waals surface area contributed by atoms with Crippen molar-refractivity contribution in [3.8, 4) is 0 Å². The normalized spacial score (nSPS) is 23.1. The number of alkyl halides is 3. The van der Waals surface area contributed by atoms with Crippen molar-refractivity contribution >= 4 is 17.5 Å². The van der Waals surface area contributed by atoms with Gasteiger partial charge >= 0.3 is 6.18 Å². The van der Waals surface area contributed by atoms with E-state index in [9.17, 15) is 18.0 Å². The van der Waals surface area contributed by atoms with Crippen molar-refractivity contribution in [2.24, 2.45) is 0 Å². The fourth-order valence-electron chi connectivity index (χ4n) is 4.86. The first-order chi connectivity index (χ1) is 14.4. The molecule has 2 aromatic rings. The molecule has 30 heavy (non-hydrogen) atoms. The summed E-state index contributed by atoms with van der Waals surface area (Å²) in [7, 11) is 0. The molecule has 2 heterocycles. The molecule has 1 amide bonds. The smallest absolute Gasteiger partial charge is 0.344 e. The highest BCUT2D eigenvalue weighted by Gasteiger charge is 2.41. The molecule has 4 rings (SSSR count). The van der Waals surface area contributed by atoms with Crippen LogP contribution in [0.1, 0.15) is 59.6 Å². The van der Waals surface area contributed by atoms with Gasteiger partial charge in [-0.1, -0.05) is 54.4 Å². The molecular weight excluding hydrogens is 413 g/mol. The van der Waals surface area contributed by atoms with Crippen LogP contribution in [0.3, 0.4) is 0 Å². The monoisotopic (exact) mass is 436 g/mol. The van der Waals surface area contributed by atoms with Crippen molar-refractivity contribution in [3.05, 3.63) is 70.2 Å². The van der Waals surface area contributed by atoms with E-state index in [0.29, 0.717) is 6.04 Å². The Morgan fingerprint density at radius 3 is 2.53 bits per heavy atom. The van der Waals surface area contributed by atoms with Gasteiger partial charge in [0.25, 0.3) is 5.91 Å². The summed E-state index contributed by atoms with van der Waals surface area (Å²) < 4.78 is 39.7. The summed E-state index contributed by atoms with van der Waals surface area (Å²) in [6.07, 6.45) is 0.914. The molecule has 3 atom stereocenters. The Balaban J connectivity index is 1.64. The van der Waals surface area contributed by atoms with E-state index in [1.54, 1.807) is 0 Å². The Hall–Kier alpha value is -2.05. The van der Waals surface area contributed by atoms with Crippen LogP contribution in [0.15, 0.2) is 48.5 Å². The molecule has 2 aliphatic heterocycles. The maximum absolute atomic E-state index is 13.2. The molecule has 2 fully saturated rings. The van der Waals surface area contributed by atoms with Crippen molar-refractivity contribution in [1.29, 1.82) is 0 Å². The first kappa shape index (κ1) is 21.2. The second-order valence-electron chi connectivity index (χ2n) is 8.06. The van der Waals surface area contributed by atoms with Crippen LogP contribution in [-0.4, -0.2) is 29.4 Å². The Labute approximate surface area is 179 Å². The summed E-state index contributed by atoms with van der Waals surface area (Å²) in [5.41, 5.74) is -0.198. The number of rotatable bonds is 4. The number of carbonyl (C=O) groups excluding carboxylic acids is 1.